The van der Waals surface area contributed by atoms with E-state index in [2.05, 4.69) is 20.5 Å². The molecule has 0 aliphatic carbocycles. The number of rotatable bonds is 5. The highest BCUT2D eigenvalue weighted by atomic mass is 16.4. The highest BCUT2D eigenvalue weighted by Crippen LogP contribution is 2.06. The Kier molecular flexibility index (Phi) is 4.27. The van der Waals surface area contributed by atoms with E-state index < -0.39 is 11.9 Å². The molecule has 110 valence electrons. The Bertz CT molecular complexity index is 648. The molecule has 8 nitrogen and oxygen atoms in total. The first kappa shape index (κ1) is 14.6. The molecule has 0 aromatic carbocycles. The monoisotopic (exact) mass is 289 g/mol. The molecule has 2 aromatic heterocycles. The molecule has 0 fully saturated rings. The van der Waals surface area contributed by atoms with E-state index in [1.807, 2.05) is 18.4 Å². The minimum Gasteiger partial charge on any atom is -0.478 e. The topological polar surface area (TPSA) is 110 Å². The van der Waals surface area contributed by atoms with Gasteiger partial charge in [-0.3, -0.25) is 9.78 Å². The van der Waals surface area contributed by atoms with Crippen LogP contribution in [0, 0.1) is 0 Å². The summed E-state index contributed by atoms with van der Waals surface area (Å²) >= 11 is 0. The van der Waals surface area contributed by atoms with Crippen molar-refractivity contribution >= 4 is 11.9 Å². The minimum atomic E-state index is -1.08. The zero-order valence-corrected chi connectivity index (χ0v) is 11.6. The molecule has 21 heavy (non-hydrogen) atoms. The van der Waals surface area contributed by atoms with E-state index in [0.717, 1.165) is 6.20 Å². The number of aromatic carboxylic acids is 1. The molecule has 8 heteroatoms. The van der Waals surface area contributed by atoms with E-state index in [9.17, 15) is 9.59 Å². The summed E-state index contributed by atoms with van der Waals surface area (Å²) in [5, 5.41) is 19.2. The number of aromatic nitrogens is 4. The lowest BCUT2D eigenvalue weighted by Gasteiger charge is -2.10. The number of hydrogen-bond acceptors (Lipinski definition) is 5. The lowest BCUT2D eigenvalue weighted by molar-refractivity contribution is 0.0695. The van der Waals surface area contributed by atoms with Crippen molar-refractivity contribution in [3.05, 3.63) is 41.7 Å². The number of pyridine rings is 1. The molecule has 0 saturated carbocycles. The zero-order chi connectivity index (χ0) is 15.4. The summed E-state index contributed by atoms with van der Waals surface area (Å²) in [6.45, 7) is 4.20. The molecule has 0 radical (unpaired) electrons. The Morgan fingerprint density at radius 3 is 2.71 bits per heavy atom. The van der Waals surface area contributed by atoms with Gasteiger partial charge in [0, 0.05) is 12.2 Å². The van der Waals surface area contributed by atoms with Gasteiger partial charge in [0.05, 0.1) is 12.1 Å². The molecule has 2 N–H and O–H groups in total. The molecular formula is C13H15N5O3. The Morgan fingerprint density at radius 2 is 2.14 bits per heavy atom. The number of hydrogen-bond donors (Lipinski definition) is 2. The van der Waals surface area contributed by atoms with Gasteiger partial charge >= 0.3 is 5.97 Å². The van der Waals surface area contributed by atoms with Crippen LogP contribution < -0.4 is 5.32 Å². The summed E-state index contributed by atoms with van der Waals surface area (Å²) in [5.41, 5.74) is 0.182. The van der Waals surface area contributed by atoms with Crippen LogP contribution in [0.3, 0.4) is 0 Å². The zero-order valence-electron chi connectivity index (χ0n) is 11.6. The molecular weight excluding hydrogens is 274 g/mol. The Morgan fingerprint density at radius 1 is 1.38 bits per heavy atom. The van der Waals surface area contributed by atoms with Crippen molar-refractivity contribution < 1.29 is 14.7 Å². The predicted molar refractivity (Wildman–Crippen MR) is 72.8 cm³/mol. The molecule has 2 aromatic rings. The SMILES string of the molecule is CC(C)n1cnnc1CNC(=O)c1ccc(C(=O)O)cn1. The Hall–Kier alpha value is -2.77. The molecule has 0 aliphatic rings. The maximum atomic E-state index is 11.9. The maximum absolute atomic E-state index is 11.9. The lowest BCUT2D eigenvalue weighted by atomic mass is 10.2. The Balaban J connectivity index is 2.01. The summed E-state index contributed by atoms with van der Waals surface area (Å²) in [6, 6.07) is 2.90. The van der Waals surface area contributed by atoms with Gasteiger partial charge < -0.3 is 15.0 Å². The summed E-state index contributed by atoms with van der Waals surface area (Å²) in [4.78, 5) is 26.5. The van der Waals surface area contributed by atoms with Gasteiger partial charge in [0.1, 0.15) is 12.0 Å². The third-order valence-corrected chi connectivity index (χ3v) is 2.85. The molecule has 0 saturated heterocycles. The highest BCUT2D eigenvalue weighted by Gasteiger charge is 2.12. The normalized spacial score (nSPS) is 10.6. The lowest BCUT2D eigenvalue weighted by Crippen LogP contribution is -2.26. The first-order chi connectivity index (χ1) is 9.99. The average Bonchev–Trinajstić information content (AvgIpc) is 2.93. The smallest absolute Gasteiger partial charge is 0.337 e. The first-order valence-electron chi connectivity index (χ1n) is 6.35. The largest absolute Gasteiger partial charge is 0.478 e. The molecule has 0 unspecified atom stereocenters. The van der Waals surface area contributed by atoms with Crippen molar-refractivity contribution in [3.8, 4) is 0 Å². The molecule has 0 spiro atoms. The van der Waals surface area contributed by atoms with Crippen molar-refractivity contribution in [1.29, 1.82) is 0 Å². The van der Waals surface area contributed by atoms with Crippen LogP contribution >= 0.6 is 0 Å². The van der Waals surface area contributed by atoms with Gasteiger partial charge in [-0.25, -0.2) is 4.79 Å². The van der Waals surface area contributed by atoms with Crippen LogP contribution in [-0.4, -0.2) is 36.7 Å². The van der Waals surface area contributed by atoms with E-state index >= 15 is 0 Å². The van der Waals surface area contributed by atoms with Crippen molar-refractivity contribution in [1.82, 2.24) is 25.1 Å². The van der Waals surface area contributed by atoms with Gasteiger partial charge in [0.15, 0.2) is 5.82 Å². The standard InChI is InChI=1S/C13H15N5O3/c1-8(2)18-7-16-17-11(18)6-15-12(19)10-4-3-9(5-14-10)13(20)21/h3-5,7-8H,6H2,1-2H3,(H,15,19)(H,20,21). The highest BCUT2D eigenvalue weighted by molar-refractivity contribution is 5.93. The summed E-state index contributed by atoms with van der Waals surface area (Å²) in [5.74, 6) is -0.842. The van der Waals surface area contributed by atoms with Gasteiger partial charge in [-0.05, 0) is 26.0 Å². The number of carboxylic acids is 1. The fraction of sp³-hybridized carbons (Fsp3) is 0.308. The number of carbonyl (C=O) groups is 2. The van der Waals surface area contributed by atoms with Crippen LogP contribution in [0.15, 0.2) is 24.7 Å². The van der Waals surface area contributed by atoms with Gasteiger partial charge in [0.25, 0.3) is 5.91 Å². The maximum Gasteiger partial charge on any atom is 0.337 e. The van der Waals surface area contributed by atoms with Gasteiger partial charge in [0.2, 0.25) is 0 Å². The van der Waals surface area contributed by atoms with Crippen molar-refractivity contribution in [3.63, 3.8) is 0 Å². The molecule has 0 bridgehead atoms. The van der Waals surface area contributed by atoms with E-state index in [-0.39, 0.29) is 23.8 Å². The van der Waals surface area contributed by atoms with Crippen molar-refractivity contribution in [2.24, 2.45) is 0 Å². The number of nitrogens with zero attached hydrogens (tertiary/aromatic N) is 4. The predicted octanol–water partition coefficient (Wildman–Crippen LogP) is 0.882. The van der Waals surface area contributed by atoms with E-state index in [1.165, 1.54) is 12.1 Å². The fourth-order valence-corrected chi connectivity index (χ4v) is 1.73. The van der Waals surface area contributed by atoms with Crippen LogP contribution in [0.2, 0.25) is 0 Å². The first-order valence-corrected chi connectivity index (χ1v) is 6.35. The quantitative estimate of drug-likeness (QED) is 0.845. The summed E-state index contributed by atoms with van der Waals surface area (Å²) in [7, 11) is 0. The van der Waals surface area contributed by atoms with Gasteiger partial charge in [-0.1, -0.05) is 0 Å². The van der Waals surface area contributed by atoms with Crippen molar-refractivity contribution in [2.45, 2.75) is 26.4 Å². The van der Waals surface area contributed by atoms with Gasteiger partial charge in [-0.15, -0.1) is 10.2 Å². The average molecular weight is 289 g/mol. The van der Waals surface area contributed by atoms with E-state index in [0.29, 0.717) is 5.82 Å². The van der Waals surface area contributed by atoms with Crippen LogP contribution in [0.1, 0.15) is 46.6 Å². The third kappa shape index (κ3) is 3.41. The number of nitrogens with one attached hydrogen (secondary N) is 1. The Labute approximate surface area is 120 Å². The van der Waals surface area contributed by atoms with Crippen LogP contribution in [0.5, 0.6) is 0 Å². The second kappa shape index (κ2) is 6.12. The summed E-state index contributed by atoms with van der Waals surface area (Å²) < 4.78 is 1.85. The summed E-state index contributed by atoms with van der Waals surface area (Å²) in [6.07, 6.45) is 2.75. The second-order valence-corrected chi connectivity index (χ2v) is 4.67. The minimum absolute atomic E-state index is 0.0334. The van der Waals surface area contributed by atoms with Crippen LogP contribution in [-0.2, 0) is 6.54 Å². The number of carboxylic acid groups (broad SMARTS) is 1. The van der Waals surface area contributed by atoms with Crippen LogP contribution in [0.25, 0.3) is 0 Å². The molecule has 2 rings (SSSR count). The third-order valence-electron chi connectivity index (χ3n) is 2.85. The van der Waals surface area contributed by atoms with Crippen LogP contribution in [0.4, 0.5) is 0 Å². The number of amides is 1. The number of carbonyl (C=O) groups excluding carboxylic acids is 1. The molecule has 0 aliphatic heterocycles. The molecule has 0 atom stereocenters. The van der Waals surface area contributed by atoms with Gasteiger partial charge in [-0.2, -0.15) is 0 Å². The second-order valence-electron chi connectivity index (χ2n) is 4.67. The fourth-order valence-electron chi connectivity index (χ4n) is 1.73. The van der Waals surface area contributed by atoms with E-state index in [1.54, 1.807) is 6.33 Å². The molecule has 2 heterocycles. The van der Waals surface area contributed by atoms with Crippen molar-refractivity contribution in [2.75, 3.05) is 0 Å². The van der Waals surface area contributed by atoms with E-state index in [4.69, 9.17) is 5.11 Å². The molecule has 1 amide bonds.